The van der Waals surface area contributed by atoms with E-state index in [1.165, 1.54) is 18.9 Å². The largest absolute Gasteiger partial charge is 0.471 e. The third-order valence-corrected chi connectivity index (χ3v) is 3.20. The highest BCUT2D eigenvalue weighted by atomic mass is 19.4. The van der Waals surface area contributed by atoms with Gasteiger partial charge in [0, 0.05) is 12.2 Å². The van der Waals surface area contributed by atoms with Gasteiger partial charge in [0.05, 0.1) is 0 Å². The van der Waals surface area contributed by atoms with Crippen LogP contribution in [-0.4, -0.2) is 18.6 Å². The number of nitrogens with one attached hydrogen (secondary N) is 2. The van der Waals surface area contributed by atoms with Gasteiger partial charge in [0.2, 0.25) is 0 Å². The Labute approximate surface area is 115 Å². The Balaban J connectivity index is 1.81. The number of carbonyl (C=O) groups excluding carboxylic acids is 1. The fraction of sp³-hybridized carbons (Fsp3) is 0.500. The number of hydrogen-bond donors (Lipinski definition) is 2. The van der Waals surface area contributed by atoms with E-state index in [9.17, 15) is 18.0 Å². The molecule has 0 spiro atoms. The second-order valence-corrected chi connectivity index (χ2v) is 5.06. The van der Waals surface area contributed by atoms with Crippen LogP contribution in [0.25, 0.3) is 0 Å². The summed E-state index contributed by atoms with van der Waals surface area (Å²) < 4.78 is 36.4. The summed E-state index contributed by atoms with van der Waals surface area (Å²) in [5, 5.41) is 5.10. The Bertz CT molecular complexity index is 470. The van der Waals surface area contributed by atoms with Crippen molar-refractivity contribution in [3.63, 3.8) is 0 Å². The summed E-state index contributed by atoms with van der Waals surface area (Å²) >= 11 is 0. The van der Waals surface area contributed by atoms with Crippen molar-refractivity contribution in [1.29, 1.82) is 0 Å². The van der Waals surface area contributed by atoms with Gasteiger partial charge in [0.25, 0.3) is 0 Å². The lowest BCUT2D eigenvalue weighted by Crippen LogP contribution is -2.29. The zero-order valence-corrected chi connectivity index (χ0v) is 11.0. The van der Waals surface area contributed by atoms with Gasteiger partial charge in [-0.3, -0.25) is 4.79 Å². The van der Waals surface area contributed by atoms with Crippen LogP contribution in [0.3, 0.4) is 0 Å². The summed E-state index contributed by atoms with van der Waals surface area (Å²) in [5.74, 6) is -1.10. The number of amides is 1. The predicted molar refractivity (Wildman–Crippen MR) is 70.2 cm³/mol. The van der Waals surface area contributed by atoms with E-state index in [1.54, 1.807) is 12.1 Å². The summed E-state index contributed by atoms with van der Waals surface area (Å²) in [4.78, 5) is 10.8. The molecule has 0 atom stereocenters. The summed E-state index contributed by atoms with van der Waals surface area (Å²) in [7, 11) is 0. The average Bonchev–Trinajstić information content (AvgIpc) is 3.18. The molecule has 6 heteroatoms. The molecule has 1 aromatic carbocycles. The van der Waals surface area contributed by atoms with Crippen LogP contribution in [-0.2, 0) is 11.3 Å². The molecule has 1 aromatic rings. The Hall–Kier alpha value is -1.56. The molecule has 20 heavy (non-hydrogen) atoms. The molecule has 3 nitrogen and oxygen atoms in total. The lowest BCUT2D eigenvalue weighted by molar-refractivity contribution is -0.167. The number of hydrogen-bond acceptors (Lipinski definition) is 2. The zero-order chi connectivity index (χ0) is 14.6. The van der Waals surface area contributed by atoms with Crippen molar-refractivity contribution in [3.05, 3.63) is 29.8 Å². The molecule has 1 fully saturated rings. The van der Waals surface area contributed by atoms with Crippen molar-refractivity contribution in [1.82, 2.24) is 5.32 Å². The van der Waals surface area contributed by atoms with Crippen LogP contribution < -0.4 is 10.6 Å². The molecule has 1 aliphatic carbocycles. The van der Waals surface area contributed by atoms with Gasteiger partial charge in [0.15, 0.2) is 0 Å². The maximum atomic E-state index is 12.1. The molecule has 110 valence electrons. The van der Waals surface area contributed by atoms with Crippen LogP contribution >= 0.6 is 0 Å². The summed E-state index contributed by atoms with van der Waals surface area (Å²) in [5.41, 5.74) is 1.01. The molecule has 2 rings (SSSR count). The fourth-order valence-corrected chi connectivity index (χ4v) is 1.91. The second-order valence-electron chi connectivity index (χ2n) is 5.06. The summed E-state index contributed by atoms with van der Waals surface area (Å²) in [6.45, 7) is 1.49. The Morgan fingerprint density at radius 2 is 2.05 bits per heavy atom. The monoisotopic (exact) mass is 286 g/mol. The Morgan fingerprint density at radius 3 is 2.70 bits per heavy atom. The molecule has 1 aliphatic rings. The van der Waals surface area contributed by atoms with Crippen molar-refractivity contribution in [2.45, 2.75) is 32.0 Å². The fourth-order valence-electron chi connectivity index (χ4n) is 1.91. The molecule has 1 amide bonds. The number of alkyl halides is 3. The van der Waals surface area contributed by atoms with E-state index in [4.69, 9.17) is 0 Å². The quantitative estimate of drug-likeness (QED) is 0.789. The maximum Gasteiger partial charge on any atom is 0.471 e. The predicted octanol–water partition coefficient (Wildman–Crippen LogP) is 3.08. The maximum absolute atomic E-state index is 12.1. The minimum Gasteiger partial charge on any atom is -0.318 e. The van der Waals surface area contributed by atoms with E-state index < -0.39 is 12.1 Å². The first kappa shape index (κ1) is 14.8. The van der Waals surface area contributed by atoms with Gasteiger partial charge in [-0.1, -0.05) is 25.0 Å². The first-order valence-electron chi connectivity index (χ1n) is 6.63. The number of halogens is 3. The molecule has 0 bridgehead atoms. The molecule has 0 unspecified atom stereocenters. The molecule has 0 aliphatic heterocycles. The zero-order valence-electron chi connectivity index (χ0n) is 11.0. The molecule has 2 N–H and O–H groups in total. The van der Waals surface area contributed by atoms with Gasteiger partial charge in [-0.05, 0) is 36.6 Å². The number of benzene rings is 1. The van der Waals surface area contributed by atoms with Gasteiger partial charge < -0.3 is 10.6 Å². The highest BCUT2D eigenvalue weighted by molar-refractivity contribution is 5.94. The average molecular weight is 286 g/mol. The molecule has 1 saturated carbocycles. The van der Waals surface area contributed by atoms with Crippen LogP contribution in [0.4, 0.5) is 18.9 Å². The van der Waals surface area contributed by atoms with Gasteiger partial charge >= 0.3 is 12.1 Å². The lowest BCUT2D eigenvalue weighted by atomic mass is 10.2. The topological polar surface area (TPSA) is 41.1 Å². The van der Waals surface area contributed by atoms with Crippen molar-refractivity contribution < 1.29 is 18.0 Å². The minimum atomic E-state index is -4.86. The van der Waals surface area contributed by atoms with E-state index in [1.807, 2.05) is 11.4 Å². The lowest BCUT2D eigenvalue weighted by Gasteiger charge is -2.10. The third-order valence-electron chi connectivity index (χ3n) is 3.20. The van der Waals surface area contributed by atoms with Gasteiger partial charge in [-0.15, -0.1) is 0 Å². The first-order valence-corrected chi connectivity index (χ1v) is 6.63. The standard InChI is InChI=1S/C14H17F3N2O/c15-14(16,17)13(20)19-12-3-1-2-11(8-12)9-18-7-6-10-4-5-10/h1-3,8,10,18H,4-7,9H2,(H,19,20). The van der Waals surface area contributed by atoms with E-state index in [0.29, 0.717) is 6.54 Å². The van der Waals surface area contributed by atoms with E-state index in [0.717, 1.165) is 24.4 Å². The second kappa shape index (κ2) is 6.26. The van der Waals surface area contributed by atoms with Crippen molar-refractivity contribution in [2.75, 3.05) is 11.9 Å². The molecule has 0 radical (unpaired) electrons. The van der Waals surface area contributed by atoms with Crippen LogP contribution in [0.15, 0.2) is 24.3 Å². The Kier molecular flexibility index (Phi) is 4.65. The van der Waals surface area contributed by atoms with Crippen LogP contribution in [0, 0.1) is 5.92 Å². The number of anilines is 1. The normalized spacial score (nSPS) is 15.2. The van der Waals surface area contributed by atoms with Crippen molar-refractivity contribution in [3.8, 4) is 0 Å². The van der Waals surface area contributed by atoms with Gasteiger partial charge in [-0.25, -0.2) is 0 Å². The highest BCUT2D eigenvalue weighted by Gasteiger charge is 2.38. The SMILES string of the molecule is O=C(Nc1cccc(CNCCC2CC2)c1)C(F)(F)F. The minimum absolute atomic E-state index is 0.161. The van der Waals surface area contributed by atoms with E-state index >= 15 is 0 Å². The smallest absolute Gasteiger partial charge is 0.318 e. The summed E-state index contributed by atoms with van der Waals surface area (Å²) in [6, 6.07) is 6.43. The van der Waals surface area contributed by atoms with E-state index in [-0.39, 0.29) is 5.69 Å². The number of carbonyl (C=O) groups is 1. The van der Waals surface area contributed by atoms with Gasteiger partial charge in [0.1, 0.15) is 0 Å². The number of rotatable bonds is 6. The van der Waals surface area contributed by atoms with E-state index in [2.05, 4.69) is 5.32 Å². The molecule has 0 heterocycles. The summed E-state index contributed by atoms with van der Waals surface area (Å²) in [6.07, 6.45) is -1.11. The van der Waals surface area contributed by atoms with Crippen LogP contribution in [0.2, 0.25) is 0 Å². The molecular weight excluding hydrogens is 269 g/mol. The Morgan fingerprint density at radius 1 is 1.30 bits per heavy atom. The molecular formula is C14H17F3N2O. The molecule has 0 saturated heterocycles. The van der Waals surface area contributed by atoms with Crippen LogP contribution in [0.1, 0.15) is 24.8 Å². The van der Waals surface area contributed by atoms with Crippen molar-refractivity contribution in [2.24, 2.45) is 5.92 Å². The van der Waals surface area contributed by atoms with Crippen LogP contribution in [0.5, 0.6) is 0 Å². The highest BCUT2D eigenvalue weighted by Crippen LogP contribution is 2.31. The molecule has 0 aromatic heterocycles. The third kappa shape index (κ3) is 4.85. The first-order chi connectivity index (χ1) is 9.45. The van der Waals surface area contributed by atoms with Gasteiger partial charge in [-0.2, -0.15) is 13.2 Å². The van der Waals surface area contributed by atoms with Crippen molar-refractivity contribution >= 4 is 11.6 Å².